The van der Waals surface area contributed by atoms with Crippen molar-refractivity contribution in [2.75, 3.05) is 45.3 Å². The van der Waals surface area contributed by atoms with E-state index in [2.05, 4.69) is 15.6 Å². The summed E-state index contributed by atoms with van der Waals surface area (Å²) in [4.78, 5) is 6.09. The molecule has 2 fully saturated rings. The van der Waals surface area contributed by atoms with E-state index in [1.807, 2.05) is 0 Å². The minimum absolute atomic E-state index is 0.0673. The average molecular weight is 380 g/mol. The predicted molar refractivity (Wildman–Crippen MR) is 104 cm³/mol. The zero-order chi connectivity index (χ0) is 19.3. The van der Waals surface area contributed by atoms with Gasteiger partial charge in [0.05, 0.1) is 0 Å². The largest absolute Gasteiger partial charge is 0.385 e. The third-order valence-corrected chi connectivity index (χ3v) is 5.89. The molecule has 3 rings (SSSR count). The highest BCUT2D eigenvalue weighted by molar-refractivity contribution is 5.80. The van der Waals surface area contributed by atoms with Crippen LogP contribution >= 0.6 is 0 Å². The van der Waals surface area contributed by atoms with Gasteiger partial charge < -0.3 is 20.3 Å². The SMILES string of the molecule is CN=C(NCC1(CCOC)CCC1)NC1CCN(c2c(F)cccc2F)C1. The summed E-state index contributed by atoms with van der Waals surface area (Å²) in [5.41, 5.74) is 0.365. The Morgan fingerprint density at radius 1 is 1.33 bits per heavy atom. The Labute approximate surface area is 160 Å². The van der Waals surface area contributed by atoms with Crippen LogP contribution in [0, 0.1) is 17.0 Å². The summed E-state index contributed by atoms with van der Waals surface area (Å²) < 4.78 is 33.3. The molecule has 1 atom stereocenters. The highest BCUT2D eigenvalue weighted by atomic mass is 19.1. The number of benzene rings is 1. The van der Waals surface area contributed by atoms with Crippen LogP contribution in [0.25, 0.3) is 0 Å². The number of hydrogen-bond acceptors (Lipinski definition) is 3. The molecule has 0 aromatic heterocycles. The third-order valence-electron chi connectivity index (χ3n) is 5.89. The highest BCUT2D eigenvalue weighted by Gasteiger charge is 2.36. The maximum atomic E-state index is 14.0. The maximum Gasteiger partial charge on any atom is 0.191 e. The Balaban J connectivity index is 1.52. The van der Waals surface area contributed by atoms with Gasteiger partial charge in [0.2, 0.25) is 0 Å². The van der Waals surface area contributed by atoms with Gasteiger partial charge in [-0.2, -0.15) is 0 Å². The maximum absolute atomic E-state index is 14.0. The van der Waals surface area contributed by atoms with Gasteiger partial charge in [0.15, 0.2) is 5.96 Å². The van der Waals surface area contributed by atoms with Gasteiger partial charge in [0, 0.05) is 46.4 Å². The van der Waals surface area contributed by atoms with E-state index in [9.17, 15) is 8.78 Å². The topological polar surface area (TPSA) is 48.9 Å². The highest BCUT2D eigenvalue weighted by Crippen LogP contribution is 2.43. The van der Waals surface area contributed by atoms with Gasteiger partial charge in [-0.25, -0.2) is 8.78 Å². The first-order valence-electron chi connectivity index (χ1n) is 9.72. The molecule has 0 amide bonds. The Hall–Kier alpha value is -1.89. The van der Waals surface area contributed by atoms with Crippen LogP contribution in [0.4, 0.5) is 14.5 Å². The van der Waals surface area contributed by atoms with Crippen molar-refractivity contribution in [3.05, 3.63) is 29.8 Å². The van der Waals surface area contributed by atoms with Crippen LogP contribution in [0.2, 0.25) is 0 Å². The molecule has 1 aliphatic carbocycles. The zero-order valence-electron chi connectivity index (χ0n) is 16.2. The van der Waals surface area contributed by atoms with Crippen LogP contribution in [0.5, 0.6) is 0 Å². The van der Waals surface area contributed by atoms with Crippen molar-refractivity contribution in [1.82, 2.24) is 10.6 Å². The predicted octanol–water partition coefficient (Wildman–Crippen LogP) is 2.92. The lowest BCUT2D eigenvalue weighted by Crippen LogP contribution is -2.49. The number of rotatable bonds is 7. The lowest BCUT2D eigenvalue weighted by Gasteiger charge is -2.42. The van der Waals surface area contributed by atoms with Crippen molar-refractivity contribution in [1.29, 1.82) is 0 Å². The second-order valence-electron chi connectivity index (χ2n) is 7.67. The second-order valence-corrected chi connectivity index (χ2v) is 7.67. The van der Waals surface area contributed by atoms with E-state index < -0.39 is 11.6 Å². The van der Waals surface area contributed by atoms with Crippen molar-refractivity contribution in [3.63, 3.8) is 0 Å². The number of guanidine groups is 1. The Morgan fingerprint density at radius 3 is 2.67 bits per heavy atom. The summed E-state index contributed by atoms with van der Waals surface area (Å²) in [6, 6.07) is 4.10. The quantitative estimate of drug-likeness (QED) is 0.564. The monoisotopic (exact) mass is 380 g/mol. The molecule has 2 N–H and O–H groups in total. The normalized spacial score (nSPS) is 21.9. The first-order valence-corrected chi connectivity index (χ1v) is 9.72. The van der Waals surface area contributed by atoms with E-state index in [1.54, 1.807) is 19.1 Å². The van der Waals surface area contributed by atoms with Crippen LogP contribution in [-0.4, -0.2) is 52.4 Å². The molecule has 5 nitrogen and oxygen atoms in total. The van der Waals surface area contributed by atoms with E-state index in [0.29, 0.717) is 18.5 Å². The van der Waals surface area contributed by atoms with Gasteiger partial charge in [0.25, 0.3) is 0 Å². The molecule has 1 aromatic rings. The summed E-state index contributed by atoms with van der Waals surface area (Å²) >= 11 is 0. The van der Waals surface area contributed by atoms with Gasteiger partial charge in [-0.05, 0) is 43.2 Å². The number of ether oxygens (including phenoxy) is 1. The molecule has 1 saturated carbocycles. The lowest BCUT2D eigenvalue weighted by atomic mass is 9.67. The molecule has 1 heterocycles. The van der Waals surface area contributed by atoms with Crippen LogP contribution < -0.4 is 15.5 Å². The summed E-state index contributed by atoms with van der Waals surface area (Å²) in [5.74, 6) is -0.272. The van der Waals surface area contributed by atoms with E-state index >= 15 is 0 Å². The van der Waals surface area contributed by atoms with Gasteiger partial charge in [-0.3, -0.25) is 4.99 Å². The second kappa shape index (κ2) is 8.87. The van der Waals surface area contributed by atoms with Crippen LogP contribution in [0.15, 0.2) is 23.2 Å². The Morgan fingerprint density at radius 2 is 2.07 bits per heavy atom. The first kappa shape index (κ1) is 19.9. The fraction of sp³-hybridized carbons (Fsp3) is 0.650. The van der Waals surface area contributed by atoms with Crippen molar-refractivity contribution in [2.45, 2.75) is 38.1 Å². The van der Waals surface area contributed by atoms with E-state index in [1.165, 1.54) is 37.5 Å². The molecular formula is C20H30F2N4O. The molecule has 1 aliphatic heterocycles. The summed E-state index contributed by atoms with van der Waals surface area (Å²) in [6.07, 6.45) is 5.55. The van der Waals surface area contributed by atoms with Crippen LogP contribution in [-0.2, 0) is 4.74 Å². The minimum atomic E-state index is -0.511. The molecular weight excluding hydrogens is 350 g/mol. The number of methoxy groups -OCH3 is 1. The van der Waals surface area contributed by atoms with Crippen molar-refractivity contribution in [3.8, 4) is 0 Å². The van der Waals surface area contributed by atoms with Gasteiger partial charge in [0.1, 0.15) is 17.3 Å². The number of aliphatic imine (C=N–C) groups is 1. The molecule has 0 bridgehead atoms. The van der Waals surface area contributed by atoms with Crippen molar-refractivity contribution < 1.29 is 13.5 Å². The number of halogens is 2. The number of nitrogens with one attached hydrogen (secondary N) is 2. The van der Waals surface area contributed by atoms with E-state index in [-0.39, 0.29) is 11.7 Å². The Bertz CT molecular complexity index is 643. The first-order chi connectivity index (χ1) is 13.1. The molecule has 7 heteroatoms. The number of nitrogens with zero attached hydrogens (tertiary/aromatic N) is 2. The number of hydrogen-bond donors (Lipinski definition) is 2. The standard InChI is InChI=1S/C20H30F2N4O/c1-23-19(24-14-20(8-4-9-20)10-12-27-2)25-15-7-11-26(13-15)18-16(21)5-3-6-17(18)22/h3,5-6,15H,4,7-14H2,1-2H3,(H2,23,24,25). The minimum Gasteiger partial charge on any atom is -0.385 e. The summed E-state index contributed by atoms with van der Waals surface area (Å²) in [7, 11) is 3.49. The van der Waals surface area contributed by atoms with E-state index in [4.69, 9.17) is 4.74 Å². The van der Waals surface area contributed by atoms with E-state index in [0.717, 1.165) is 32.0 Å². The Kier molecular flexibility index (Phi) is 6.52. The number of para-hydroxylation sites is 1. The lowest BCUT2D eigenvalue weighted by molar-refractivity contribution is 0.0732. The molecule has 150 valence electrons. The fourth-order valence-electron chi connectivity index (χ4n) is 4.04. The molecule has 27 heavy (non-hydrogen) atoms. The van der Waals surface area contributed by atoms with Gasteiger partial charge in [-0.15, -0.1) is 0 Å². The molecule has 0 radical (unpaired) electrons. The summed E-state index contributed by atoms with van der Waals surface area (Å²) in [6.45, 7) is 2.81. The zero-order valence-corrected chi connectivity index (χ0v) is 16.2. The van der Waals surface area contributed by atoms with Crippen LogP contribution in [0.1, 0.15) is 32.1 Å². The fourth-order valence-corrected chi connectivity index (χ4v) is 4.04. The molecule has 0 spiro atoms. The molecule has 1 aromatic carbocycles. The van der Waals surface area contributed by atoms with Gasteiger partial charge >= 0.3 is 0 Å². The molecule has 1 saturated heterocycles. The van der Waals surface area contributed by atoms with Gasteiger partial charge in [-0.1, -0.05) is 12.5 Å². The van der Waals surface area contributed by atoms with Crippen LogP contribution in [0.3, 0.4) is 0 Å². The van der Waals surface area contributed by atoms with Crippen molar-refractivity contribution in [2.24, 2.45) is 10.4 Å². The van der Waals surface area contributed by atoms with Crippen molar-refractivity contribution >= 4 is 11.6 Å². The molecule has 2 aliphatic rings. The molecule has 1 unspecified atom stereocenters. The third kappa shape index (κ3) is 4.69. The summed E-state index contributed by atoms with van der Waals surface area (Å²) in [5, 5.41) is 6.84. The number of anilines is 1. The smallest absolute Gasteiger partial charge is 0.191 e. The average Bonchev–Trinajstić information content (AvgIpc) is 3.07.